The molecule has 1 aliphatic rings. The van der Waals surface area contributed by atoms with E-state index < -0.39 is 0 Å². The highest BCUT2D eigenvalue weighted by Gasteiger charge is 2.35. The summed E-state index contributed by atoms with van der Waals surface area (Å²) in [6.07, 6.45) is 4.79. The van der Waals surface area contributed by atoms with Gasteiger partial charge in [0.25, 0.3) is 5.91 Å². The maximum atomic E-state index is 13.5. The average Bonchev–Trinajstić information content (AvgIpc) is 2.61. The first-order valence-corrected chi connectivity index (χ1v) is 8.30. The smallest absolute Gasteiger partial charge is 0.255 e. The van der Waals surface area contributed by atoms with E-state index in [1.807, 2.05) is 6.07 Å². The molecule has 3 rings (SSSR count). The Labute approximate surface area is 146 Å². The normalized spacial score (nSPS) is 20.5. The summed E-state index contributed by atoms with van der Waals surface area (Å²) in [5.41, 5.74) is 1.15. The highest BCUT2D eigenvalue weighted by molar-refractivity contribution is 5.94. The lowest BCUT2D eigenvalue weighted by Crippen LogP contribution is -2.52. The Kier molecular flexibility index (Phi) is 5.28. The monoisotopic (exact) mass is 344 g/mol. The van der Waals surface area contributed by atoms with E-state index in [1.165, 1.54) is 30.6 Å². The highest BCUT2D eigenvalue weighted by Crippen LogP contribution is 2.26. The molecule has 1 N–H and O–H groups in total. The zero-order valence-corrected chi connectivity index (χ0v) is 14.1. The van der Waals surface area contributed by atoms with Gasteiger partial charge in [0.1, 0.15) is 11.6 Å². The van der Waals surface area contributed by atoms with E-state index in [9.17, 15) is 14.3 Å². The number of pyridine rings is 1. The van der Waals surface area contributed by atoms with Gasteiger partial charge in [0.05, 0.1) is 23.9 Å². The molecule has 1 aromatic heterocycles. The van der Waals surface area contributed by atoms with Crippen LogP contribution < -0.4 is 0 Å². The molecule has 132 valence electrons. The van der Waals surface area contributed by atoms with Gasteiger partial charge in [-0.05, 0) is 43.0 Å². The van der Waals surface area contributed by atoms with Gasteiger partial charge in [0.2, 0.25) is 0 Å². The van der Waals surface area contributed by atoms with Crippen LogP contribution >= 0.6 is 0 Å². The van der Waals surface area contributed by atoms with Crippen LogP contribution in [0.25, 0.3) is 0 Å². The van der Waals surface area contributed by atoms with E-state index in [2.05, 4.69) is 4.98 Å². The number of halogens is 1. The van der Waals surface area contributed by atoms with Crippen molar-refractivity contribution in [3.05, 3.63) is 59.7 Å². The van der Waals surface area contributed by atoms with Gasteiger partial charge < -0.3 is 14.7 Å². The third kappa shape index (κ3) is 3.96. The summed E-state index contributed by atoms with van der Waals surface area (Å²) in [6, 6.07) is 7.61. The van der Waals surface area contributed by atoms with E-state index in [4.69, 9.17) is 4.74 Å². The van der Waals surface area contributed by atoms with E-state index in [1.54, 1.807) is 18.1 Å². The predicted molar refractivity (Wildman–Crippen MR) is 90.9 cm³/mol. The van der Waals surface area contributed by atoms with E-state index in [-0.39, 0.29) is 29.6 Å². The number of carbonyl (C=O) groups excluding carboxylic acids is 1. The molecule has 6 heteroatoms. The molecule has 0 radical (unpaired) electrons. The number of benzene rings is 1. The fourth-order valence-electron chi connectivity index (χ4n) is 3.41. The minimum atomic E-state index is -0.294. The van der Waals surface area contributed by atoms with Crippen LogP contribution in [0.3, 0.4) is 0 Å². The number of likely N-dealkylation sites (tertiary alicyclic amines) is 1. The summed E-state index contributed by atoms with van der Waals surface area (Å²) in [5, 5.41) is 9.59. The Hall–Kier alpha value is -2.47. The molecule has 5 nitrogen and oxygen atoms in total. The van der Waals surface area contributed by atoms with Gasteiger partial charge in [-0.3, -0.25) is 9.78 Å². The number of carbonyl (C=O) groups is 1. The molecule has 0 unspecified atom stereocenters. The molecule has 2 heterocycles. The van der Waals surface area contributed by atoms with E-state index in [0.29, 0.717) is 18.5 Å². The van der Waals surface area contributed by atoms with Crippen LogP contribution in [-0.4, -0.2) is 46.7 Å². The number of nitrogens with zero attached hydrogens (tertiary/aromatic N) is 2. The third-order valence-corrected chi connectivity index (χ3v) is 4.59. The van der Waals surface area contributed by atoms with Gasteiger partial charge in [0, 0.05) is 19.9 Å². The largest absolute Gasteiger partial charge is 0.506 e. The lowest BCUT2D eigenvalue weighted by atomic mass is 9.92. The first-order valence-electron chi connectivity index (χ1n) is 8.30. The fourth-order valence-corrected chi connectivity index (χ4v) is 3.41. The Morgan fingerprint density at radius 1 is 1.40 bits per heavy atom. The molecule has 1 saturated heterocycles. The number of hydrogen-bond donors (Lipinski definition) is 1. The van der Waals surface area contributed by atoms with Crippen molar-refractivity contribution in [3.63, 3.8) is 0 Å². The van der Waals surface area contributed by atoms with Crippen molar-refractivity contribution in [2.24, 2.45) is 0 Å². The Morgan fingerprint density at radius 2 is 2.24 bits per heavy atom. The van der Waals surface area contributed by atoms with Crippen molar-refractivity contribution >= 4 is 5.91 Å². The quantitative estimate of drug-likeness (QED) is 0.926. The molecular formula is C19H21FN2O3. The van der Waals surface area contributed by atoms with Gasteiger partial charge in [-0.2, -0.15) is 0 Å². The Balaban J connectivity index is 1.87. The zero-order chi connectivity index (χ0) is 17.8. The van der Waals surface area contributed by atoms with Crippen molar-refractivity contribution in [2.45, 2.75) is 31.4 Å². The molecule has 0 bridgehead atoms. The minimum absolute atomic E-state index is 0.0483. The highest BCUT2D eigenvalue weighted by atomic mass is 19.1. The average molecular weight is 344 g/mol. The zero-order valence-electron chi connectivity index (χ0n) is 14.1. The number of methoxy groups -OCH3 is 1. The lowest BCUT2D eigenvalue weighted by molar-refractivity contribution is -0.0118. The predicted octanol–water partition coefficient (Wildman–Crippen LogP) is 2.79. The molecule has 1 amide bonds. The standard InChI is InChI=1S/C19H21FN2O3/c1-25-18-6-3-7-22(19(24)14-10-16(23)12-21-11-14)17(18)9-13-4-2-5-15(20)8-13/h2,4-5,8,10-12,17-18,23H,3,6-7,9H2,1H3/t17-,18-/m0/s1. The van der Waals surface area contributed by atoms with Crippen LogP contribution in [0.1, 0.15) is 28.8 Å². The van der Waals surface area contributed by atoms with Crippen molar-refractivity contribution < 1.29 is 19.0 Å². The number of aromatic hydroxyl groups is 1. The number of aromatic nitrogens is 1. The molecular weight excluding hydrogens is 323 g/mol. The Morgan fingerprint density at radius 3 is 2.96 bits per heavy atom. The third-order valence-electron chi connectivity index (χ3n) is 4.59. The number of amides is 1. The first-order chi connectivity index (χ1) is 12.1. The summed E-state index contributed by atoms with van der Waals surface area (Å²) in [6.45, 7) is 0.592. The van der Waals surface area contributed by atoms with Crippen molar-refractivity contribution in [1.82, 2.24) is 9.88 Å². The molecule has 2 atom stereocenters. The number of rotatable bonds is 4. The van der Waals surface area contributed by atoms with Gasteiger partial charge in [-0.15, -0.1) is 0 Å². The maximum absolute atomic E-state index is 13.5. The molecule has 25 heavy (non-hydrogen) atoms. The second-order valence-electron chi connectivity index (χ2n) is 6.25. The Bertz CT molecular complexity index is 753. The summed E-state index contributed by atoms with van der Waals surface area (Å²) < 4.78 is 19.1. The van der Waals surface area contributed by atoms with Gasteiger partial charge in [-0.1, -0.05) is 12.1 Å². The van der Waals surface area contributed by atoms with Crippen LogP contribution in [0.2, 0.25) is 0 Å². The number of piperidine rings is 1. The minimum Gasteiger partial charge on any atom is -0.506 e. The van der Waals surface area contributed by atoms with Gasteiger partial charge >= 0.3 is 0 Å². The maximum Gasteiger partial charge on any atom is 0.255 e. The van der Waals surface area contributed by atoms with Crippen molar-refractivity contribution in [1.29, 1.82) is 0 Å². The summed E-state index contributed by atoms with van der Waals surface area (Å²) in [5.74, 6) is -0.545. The summed E-state index contributed by atoms with van der Waals surface area (Å²) >= 11 is 0. The van der Waals surface area contributed by atoms with Crippen LogP contribution in [-0.2, 0) is 11.2 Å². The molecule has 1 aromatic carbocycles. The summed E-state index contributed by atoms with van der Waals surface area (Å²) in [7, 11) is 1.63. The molecule has 1 fully saturated rings. The molecule has 1 aliphatic heterocycles. The van der Waals surface area contributed by atoms with Crippen LogP contribution in [0.5, 0.6) is 5.75 Å². The van der Waals surface area contributed by atoms with Crippen LogP contribution in [0.4, 0.5) is 4.39 Å². The SMILES string of the molecule is CO[C@H]1CCCN(C(=O)c2cncc(O)c2)[C@H]1Cc1cccc(F)c1. The van der Waals surface area contributed by atoms with Crippen molar-refractivity contribution in [3.8, 4) is 5.75 Å². The topological polar surface area (TPSA) is 62.7 Å². The van der Waals surface area contributed by atoms with E-state index >= 15 is 0 Å². The first kappa shape index (κ1) is 17.4. The van der Waals surface area contributed by atoms with Gasteiger partial charge in [0.15, 0.2) is 0 Å². The number of hydrogen-bond acceptors (Lipinski definition) is 4. The number of ether oxygens (including phenoxy) is 1. The van der Waals surface area contributed by atoms with Crippen LogP contribution in [0.15, 0.2) is 42.7 Å². The van der Waals surface area contributed by atoms with Gasteiger partial charge in [-0.25, -0.2) is 4.39 Å². The summed E-state index contributed by atoms with van der Waals surface area (Å²) in [4.78, 5) is 18.6. The molecule has 0 saturated carbocycles. The van der Waals surface area contributed by atoms with Crippen LogP contribution in [0, 0.1) is 5.82 Å². The second kappa shape index (κ2) is 7.61. The molecule has 0 spiro atoms. The fraction of sp³-hybridized carbons (Fsp3) is 0.368. The second-order valence-corrected chi connectivity index (χ2v) is 6.25. The van der Waals surface area contributed by atoms with Crippen molar-refractivity contribution in [2.75, 3.05) is 13.7 Å². The molecule has 0 aliphatic carbocycles. The van der Waals surface area contributed by atoms with E-state index in [0.717, 1.165) is 18.4 Å². The molecule has 2 aromatic rings. The lowest BCUT2D eigenvalue weighted by Gasteiger charge is -2.41.